The third kappa shape index (κ3) is 6.99. The van der Waals surface area contributed by atoms with Crippen molar-refractivity contribution in [2.45, 2.75) is 180 Å². The zero-order valence-corrected chi connectivity index (χ0v) is 35.2. The van der Waals surface area contributed by atoms with E-state index in [1.807, 2.05) is 20.8 Å². The van der Waals surface area contributed by atoms with Crippen molar-refractivity contribution >= 4 is 16.4 Å². The monoisotopic (exact) mass is 828 g/mol. The number of allylic oxidation sites excluding steroid dienone is 4. The van der Waals surface area contributed by atoms with Crippen molar-refractivity contribution in [1.82, 2.24) is 0 Å². The number of aliphatic hydroxyl groups excluding tert-OH is 4. The molecule has 3 aliphatic heterocycles. The summed E-state index contributed by atoms with van der Waals surface area (Å²) in [6.07, 6.45) is -4.36. The van der Waals surface area contributed by atoms with Crippen molar-refractivity contribution in [3.05, 3.63) is 23.3 Å². The summed E-state index contributed by atoms with van der Waals surface area (Å²) in [6, 6.07) is 0. The Kier molecular flexibility index (Phi) is 11.3. The zero-order chi connectivity index (χ0) is 41.8. The lowest BCUT2D eigenvalue weighted by Gasteiger charge is -2.64. The highest BCUT2D eigenvalue weighted by Gasteiger charge is 2.78. The summed E-state index contributed by atoms with van der Waals surface area (Å²) in [7, 11) is -5.01. The second kappa shape index (κ2) is 14.8. The van der Waals surface area contributed by atoms with Gasteiger partial charge in [-0.3, -0.25) is 9.35 Å². The van der Waals surface area contributed by atoms with Crippen LogP contribution in [-0.4, -0.2) is 124 Å². The highest BCUT2D eigenvalue weighted by atomic mass is 32.3. The number of hydrogen-bond donors (Lipinski definition) is 6. The quantitative estimate of drug-likeness (QED) is 0.106. The van der Waals surface area contributed by atoms with E-state index in [2.05, 4.69) is 39.8 Å². The largest absolute Gasteiger partial charge is 0.461 e. The number of aliphatic hydroxyl groups is 5. The SMILES string of the molecule is CC(C)=CCCC(C)(O)C1C2CC3(C)C4=CCC5C(C)(C)C(OC6OCC(OS(=O)(=O)O)C(O)C6OC6OC(C)C(O)C(O)C6O)CCC5(C)C4CCC13C(=O)O2. The Labute approximate surface area is 336 Å². The Hall–Kier alpha value is -1.54. The van der Waals surface area contributed by atoms with Gasteiger partial charge in [-0.25, -0.2) is 4.18 Å². The molecular formula is C41H64O15S. The predicted octanol–water partition coefficient (Wildman–Crippen LogP) is 3.11. The molecule has 324 valence electrons. The topological polar surface area (TPSA) is 228 Å². The van der Waals surface area contributed by atoms with Gasteiger partial charge in [0.2, 0.25) is 0 Å². The Morgan fingerprint density at radius 3 is 2.37 bits per heavy atom. The molecule has 0 aromatic rings. The highest BCUT2D eigenvalue weighted by molar-refractivity contribution is 7.80. The van der Waals surface area contributed by atoms with E-state index in [0.29, 0.717) is 25.7 Å². The van der Waals surface area contributed by atoms with Crippen LogP contribution in [0.15, 0.2) is 23.3 Å². The van der Waals surface area contributed by atoms with Gasteiger partial charge in [0.25, 0.3) is 0 Å². The molecular weight excluding hydrogens is 765 g/mol. The molecule has 3 heterocycles. The Morgan fingerprint density at radius 1 is 1.00 bits per heavy atom. The first kappa shape index (κ1) is 43.5. The number of fused-ring (bicyclic) bond motifs is 5. The molecule has 6 fully saturated rings. The first-order valence-electron chi connectivity index (χ1n) is 20.6. The molecule has 0 aromatic heterocycles. The molecule has 3 saturated heterocycles. The van der Waals surface area contributed by atoms with E-state index in [1.54, 1.807) is 0 Å². The summed E-state index contributed by atoms with van der Waals surface area (Å²) in [5.41, 5.74) is -0.506. The maximum atomic E-state index is 14.0. The normalized spacial score (nSPS) is 48.8. The lowest BCUT2D eigenvalue weighted by molar-refractivity contribution is -0.362. The molecule has 15 nitrogen and oxygen atoms in total. The molecule has 0 aromatic carbocycles. The summed E-state index contributed by atoms with van der Waals surface area (Å²) in [5.74, 6) is -0.180. The Morgan fingerprint density at radius 2 is 1.70 bits per heavy atom. The predicted molar refractivity (Wildman–Crippen MR) is 202 cm³/mol. The smallest absolute Gasteiger partial charge is 0.397 e. The highest BCUT2D eigenvalue weighted by Crippen LogP contribution is 2.76. The molecule has 7 aliphatic rings. The molecule has 7 rings (SSSR count). The van der Waals surface area contributed by atoms with Crippen molar-refractivity contribution in [3.8, 4) is 0 Å². The number of ether oxygens (including phenoxy) is 5. The van der Waals surface area contributed by atoms with Gasteiger partial charge in [0.15, 0.2) is 12.6 Å². The molecule has 1 spiro atoms. The summed E-state index contributed by atoms with van der Waals surface area (Å²) in [6.45, 7) is 15.8. The molecule has 0 amide bonds. The van der Waals surface area contributed by atoms with Crippen molar-refractivity contribution < 1.29 is 71.2 Å². The van der Waals surface area contributed by atoms with E-state index in [9.17, 15) is 43.3 Å². The fourth-order valence-electron chi connectivity index (χ4n) is 12.9. The van der Waals surface area contributed by atoms with Crippen LogP contribution in [0.1, 0.15) is 107 Å². The lowest BCUT2D eigenvalue weighted by atomic mass is 9.40. The van der Waals surface area contributed by atoms with Gasteiger partial charge in [0, 0.05) is 11.3 Å². The first-order valence-corrected chi connectivity index (χ1v) is 22.0. The number of hydrogen-bond acceptors (Lipinski definition) is 14. The van der Waals surface area contributed by atoms with Crippen LogP contribution >= 0.6 is 0 Å². The second-order valence-corrected chi connectivity index (χ2v) is 20.7. The minimum absolute atomic E-state index is 0.119. The van der Waals surface area contributed by atoms with Crippen LogP contribution in [0, 0.1) is 39.4 Å². The van der Waals surface area contributed by atoms with Gasteiger partial charge in [-0.1, -0.05) is 51.0 Å². The molecule has 6 N–H and O–H groups in total. The van der Waals surface area contributed by atoms with Gasteiger partial charge in [-0.05, 0) is 102 Å². The maximum absolute atomic E-state index is 14.0. The lowest BCUT2D eigenvalue weighted by Crippen LogP contribution is -2.64. The van der Waals surface area contributed by atoms with Crippen LogP contribution in [-0.2, 0) is 43.1 Å². The maximum Gasteiger partial charge on any atom is 0.397 e. The molecule has 18 unspecified atom stereocenters. The molecule has 57 heavy (non-hydrogen) atoms. The standard InChI is InChI=1S/C41H64O15S/c1-20(2)10-9-15-40(8,47)33-24-18-39(7)23-11-12-26-37(4,5)27(14-16-38(26,6)22(23)13-17-41(33,39)36(46)53-24)54-35-32(29(43)25(19-51-35)56-57(48,49)50)55-34-31(45)30(44)28(42)21(3)52-34/h10-11,21-22,24-35,42-45,47H,9,12-19H2,1-8H3,(H,48,49,50). The van der Waals surface area contributed by atoms with E-state index in [0.717, 1.165) is 25.7 Å². The fourth-order valence-corrected chi connectivity index (χ4v) is 13.4. The van der Waals surface area contributed by atoms with Crippen molar-refractivity contribution in [3.63, 3.8) is 0 Å². The summed E-state index contributed by atoms with van der Waals surface area (Å²) in [5, 5.41) is 54.8. The van der Waals surface area contributed by atoms with Crippen LogP contribution in [0.25, 0.3) is 0 Å². The summed E-state index contributed by atoms with van der Waals surface area (Å²) in [4.78, 5) is 14.0. The van der Waals surface area contributed by atoms with Gasteiger partial charge in [-0.2, -0.15) is 8.42 Å². The minimum atomic E-state index is -5.01. The third-order valence-corrected chi connectivity index (χ3v) is 16.2. The van der Waals surface area contributed by atoms with E-state index in [1.165, 1.54) is 18.1 Å². The Balaban J connectivity index is 1.13. The van der Waals surface area contributed by atoms with Gasteiger partial charge >= 0.3 is 16.4 Å². The number of carbonyl (C=O) groups excluding carboxylic acids is 1. The van der Waals surface area contributed by atoms with Gasteiger partial charge in [0.1, 0.15) is 42.7 Å². The fraction of sp³-hybridized carbons (Fsp3) is 0.878. The molecule has 2 bridgehead atoms. The molecule has 18 atom stereocenters. The van der Waals surface area contributed by atoms with Crippen LogP contribution in [0.2, 0.25) is 0 Å². The number of esters is 1. The van der Waals surface area contributed by atoms with E-state index >= 15 is 0 Å². The van der Waals surface area contributed by atoms with Gasteiger partial charge in [0.05, 0.1) is 29.8 Å². The number of rotatable bonds is 10. The van der Waals surface area contributed by atoms with Crippen LogP contribution in [0.3, 0.4) is 0 Å². The molecule has 4 aliphatic carbocycles. The minimum Gasteiger partial charge on any atom is -0.461 e. The van der Waals surface area contributed by atoms with E-state index in [4.69, 9.17) is 27.9 Å². The summed E-state index contributed by atoms with van der Waals surface area (Å²) < 4.78 is 67.7. The molecule has 16 heteroatoms. The van der Waals surface area contributed by atoms with Gasteiger partial charge < -0.3 is 49.2 Å². The van der Waals surface area contributed by atoms with Crippen LogP contribution in [0.4, 0.5) is 0 Å². The molecule has 0 radical (unpaired) electrons. The van der Waals surface area contributed by atoms with E-state index < -0.39 is 100 Å². The summed E-state index contributed by atoms with van der Waals surface area (Å²) >= 11 is 0. The Bertz CT molecular complexity index is 1720. The van der Waals surface area contributed by atoms with Gasteiger partial charge in [-0.15, -0.1) is 0 Å². The van der Waals surface area contributed by atoms with Crippen LogP contribution < -0.4 is 0 Å². The average Bonchev–Trinajstić information content (AvgIpc) is 3.54. The van der Waals surface area contributed by atoms with Crippen molar-refractivity contribution in [2.24, 2.45) is 39.4 Å². The number of carbonyl (C=O) groups is 1. The second-order valence-electron chi connectivity index (χ2n) is 19.7. The van der Waals surface area contributed by atoms with Crippen LogP contribution in [0.5, 0.6) is 0 Å². The van der Waals surface area contributed by atoms with Crippen molar-refractivity contribution in [2.75, 3.05) is 6.61 Å². The third-order valence-electron chi connectivity index (χ3n) is 15.7. The first-order chi connectivity index (χ1) is 26.4. The average molecular weight is 829 g/mol. The van der Waals surface area contributed by atoms with Crippen molar-refractivity contribution in [1.29, 1.82) is 0 Å². The molecule has 3 saturated carbocycles. The van der Waals surface area contributed by atoms with E-state index in [-0.39, 0.29) is 35.2 Å². The zero-order valence-electron chi connectivity index (χ0n) is 34.4.